The Kier molecular flexibility index (Phi) is 7.12. The van der Waals surface area contributed by atoms with Gasteiger partial charge in [-0.25, -0.2) is 0 Å². The number of aromatic hydroxyl groups is 1. The Morgan fingerprint density at radius 2 is 1.61 bits per heavy atom. The first-order chi connectivity index (χ1) is 22.2. The summed E-state index contributed by atoms with van der Waals surface area (Å²) in [6.07, 6.45) is 25.2. The number of hydrogen-bond acceptors (Lipinski definition) is 4. The van der Waals surface area contributed by atoms with Crippen molar-refractivity contribution in [3.05, 3.63) is 29.3 Å². The monoisotopic (exact) mass is 625 g/mol. The first-order valence-electron chi connectivity index (χ1n) is 19.6. The highest BCUT2D eigenvalue weighted by atomic mass is 16.5. The average molecular weight is 626 g/mol. The van der Waals surface area contributed by atoms with Gasteiger partial charge < -0.3 is 20.7 Å². The Morgan fingerprint density at radius 3 is 2.39 bits per heavy atom. The van der Waals surface area contributed by atoms with Crippen LogP contribution in [-0.4, -0.2) is 33.6 Å². The van der Waals surface area contributed by atoms with Crippen molar-refractivity contribution in [2.45, 2.75) is 152 Å². The molecular weight excluding hydrogens is 566 g/mol. The Labute approximate surface area is 278 Å². The fourth-order valence-electron chi connectivity index (χ4n) is 14.8. The number of hydrogen-bond donors (Lipinski definition) is 3. The predicted octanol–water partition coefficient (Wildman–Crippen LogP) is 8.10. The number of benzene rings is 1. The second-order valence-electron chi connectivity index (χ2n) is 18.6. The first kappa shape index (κ1) is 30.5. The molecule has 250 valence electrons. The van der Waals surface area contributed by atoms with Gasteiger partial charge in [-0.2, -0.15) is 0 Å². The van der Waals surface area contributed by atoms with Gasteiger partial charge in [0, 0.05) is 30.4 Å². The molecule has 9 aliphatic rings. The van der Waals surface area contributed by atoms with E-state index in [0.717, 1.165) is 19.3 Å². The number of phenolic OH excluding ortho intramolecular Hbond substituents is 1. The summed E-state index contributed by atoms with van der Waals surface area (Å²) in [6, 6.07) is 6.04. The summed E-state index contributed by atoms with van der Waals surface area (Å²) in [6.45, 7) is 2.69. The quantitative estimate of drug-likeness (QED) is 0.290. The van der Waals surface area contributed by atoms with Crippen LogP contribution in [0.4, 0.5) is 0 Å². The summed E-state index contributed by atoms with van der Waals surface area (Å²) in [4.78, 5) is 0. The van der Waals surface area contributed by atoms with Crippen LogP contribution in [0.25, 0.3) is 0 Å². The maximum absolute atomic E-state index is 11.1. The Hall–Kier alpha value is -1.54. The largest absolute Gasteiger partial charge is 0.508 e. The molecule has 6 saturated carbocycles. The Bertz CT molecular complexity index is 1410. The van der Waals surface area contributed by atoms with Gasteiger partial charge in [-0.05, 0) is 155 Å². The van der Waals surface area contributed by atoms with Crippen LogP contribution in [0.5, 0.6) is 5.75 Å². The molecule has 2 heterocycles. The summed E-state index contributed by atoms with van der Waals surface area (Å²) in [5, 5.41) is 21.6. The van der Waals surface area contributed by atoms with E-state index in [-0.39, 0.29) is 35.6 Å². The lowest BCUT2D eigenvalue weighted by Crippen LogP contribution is -2.84. The van der Waals surface area contributed by atoms with Crippen LogP contribution in [0.2, 0.25) is 0 Å². The highest BCUT2D eigenvalue weighted by Crippen LogP contribution is 2.72. The molecule has 8 fully saturated rings. The molecule has 10 atom stereocenters. The topological polar surface area (TPSA) is 75.7 Å². The van der Waals surface area contributed by atoms with Gasteiger partial charge in [-0.1, -0.05) is 50.0 Å². The van der Waals surface area contributed by atoms with E-state index in [0.29, 0.717) is 46.7 Å². The molecule has 0 radical (unpaired) electrons. The van der Waals surface area contributed by atoms with Crippen LogP contribution in [0.15, 0.2) is 18.2 Å². The normalized spacial score (nSPS) is 46.6. The summed E-state index contributed by atoms with van der Waals surface area (Å²) >= 11 is 0. The molecule has 1 aromatic carbocycles. The zero-order valence-corrected chi connectivity index (χ0v) is 28.5. The number of phenols is 1. The molecule has 10 rings (SSSR count). The maximum atomic E-state index is 11.1. The lowest BCUT2D eigenvalue weighted by Gasteiger charge is -2.75. The third-order valence-electron chi connectivity index (χ3n) is 16.4. The van der Waals surface area contributed by atoms with Crippen LogP contribution in [0.1, 0.15) is 134 Å². The van der Waals surface area contributed by atoms with Crippen molar-refractivity contribution in [2.24, 2.45) is 58.0 Å². The molecule has 2 aliphatic heterocycles. The van der Waals surface area contributed by atoms with Crippen molar-refractivity contribution in [1.82, 2.24) is 0 Å². The van der Waals surface area contributed by atoms with E-state index >= 15 is 0 Å². The standard InChI is InChI=1S/C42H59NO3/c1-38(32-9-7-19-39(25-32)15-2-3-16-39)37-31-11-13-33(27-44)42(37,43)36-10-6-8-29-22-35(45)14-12-30(29)20-28-21-34(41(36,24-31)46-38)26-40(23-28)17-4-5-18-40/h12,14,22,28,31-34,36-37,44-45H,2-5,7-9,11,13,15-21,23-27,43H2,1H3. The average Bonchev–Trinajstić information content (AvgIpc) is 3.68. The van der Waals surface area contributed by atoms with Crippen molar-refractivity contribution in [3.8, 4) is 17.6 Å². The van der Waals surface area contributed by atoms with Gasteiger partial charge in [-0.3, -0.25) is 0 Å². The van der Waals surface area contributed by atoms with Gasteiger partial charge in [0.15, 0.2) is 0 Å². The molecule has 0 amide bonds. The summed E-state index contributed by atoms with van der Waals surface area (Å²) in [5.41, 5.74) is 10.5. The van der Waals surface area contributed by atoms with E-state index in [1.54, 1.807) is 0 Å². The second kappa shape index (κ2) is 10.7. The number of fused-ring (bicyclic) bond motifs is 4. The van der Waals surface area contributed by atoms with Crippen LogP contribution < -0.4 is 5.73 Å². The number of ether oxygens (including phenoxy) is 1. The molecule has 4 nitrogen and oxygen atoms in total. The smallest absolute Gasteiger partial charge is 0.115 e. The molecule has 46 heavy (non-hydrogen) atoms. The molecule has 1 aromatic rings. The zero-order valence-electron chi connectivity index (χ0n) is 28.5. The van der Waals surface area contributed by atoms with Crippen molar-refractivity contribution in [2.75, 3.05) is 6.61 Å². The molecule has 6 bridgehead atoms. The molecule has 2 saturated heterocycles. The highest BCUT2D eigenvalue weighted by molar-refractivity contribution is 5.40. The van der Waals surface area contributed by atoms with Gasteiger partial charge in [0.1, 0.15) is 5.75 Å². The molecule has 10 unspecified atom stereocenters. The van der Waals surface area contributed by atoms with E-state index in [9.17, 15) is 10.2 Å². The van der Waals surface area contributed by atoms with Gasteiger partial charge in [0.05, 0.1) is 17.1 Å². The van der Waals surface area contributed by atoms with Crippen molar-refractivity contribution in [3.63, 3.8) is 0 Å². The summed E-state index contributed by atoms with van der Waals surface area (Å²) in [5.74, 6) is 10.4. The summed E-state index contributed by atoms with van der Waals surface area (Å²) < 4.78 is 8.15. The minimum Gasteiger partial charge on any atom is -0.508 e. The fourth-order valence-corrected chi connectivity index (χ4v) is 14.8. The third-order valence-corrected chi connectivity index (χ3v) is 16.4. The first-order valence-corrected chi connectivity index (χ1v) is 19.6. The van der Waals surface area contributed by atoms with Crippen LogP contribution >= 0.6 is 0 Å². The number of nitrogens with two attached hydrogens (primary N) is 1. The van der Waals surface area contributed by atoms with Crippen LogP contribution in [0.3, 0.4) is 0 Å². The summed E-state index contributed by atoms with van der Waals surface area (Å²) in [7, 11) is 0. The highest BCUT2D eigenvalue weighted by Gasteiger charge is 2.76. The van der Waals surface area contributed by atoms with Gasteiger partial charge >= 0.3 is 0 Å². The zero-order chi connectivity index (χ0) is 31.4. The Morgan fingerprint density at radius 1 is 0.870 bits per heavy atom. The molecular formula is C42H59NO3. The maximum Gasteiger partial charge on any atom is 0.115 e. The number of aliphatic hydroxyl groups is 1. The lowest BCUT2D eigenvalue weighted by molar-refractivity contribution is -0.363. The molecule has 4 heteroatoms. The van der Waals surface area contributed by atoms with E-state index in [2.05, 4.69) is 24.8 Å². The van der Waals surface area contributed by atoms with E-state index < -0.39 is 5.54 Å². The van der Waals surface area contributed by atoms with E-state index in [1.807, 2.05) is 12.1 Å². The van der Waals surface area contributed by atoms with Crippen molar-refractivity contribution >= 4 is 0 Å². The third kappa shape index (κ3) is 4.35. The molecule has 7 aliphatic carbocycles. The molecule has 3 spiro atoms. The minimum atomic E-state index is -0.540. The van der Waals surface area contributed by atoms with Crippen molar-refractivity contribution < 1.29 is 14.9 Å². The van der Waals surface area contributed by atoms with Gasteiger partial charge in [0.2, 0.25) is 0 Å². The Balaban J connectivity index is 1.21. The van der Waals surface area contributed by atoms with Crippen LogP contribution in [0, 0.1) is 64.1 Å². The SMILES string of the molecule is CC1(C2CCCC3(CCCC3)C2)OC23CC4CCC(CO)C(N)(C41)C2C#CCc1cc(O)ccc1CC1CC3CC2(CCCC2)C1. The van der Waals surface area contributed by atoms with E-state index in [4.69, 9.17) is 10.5 Å². The van der Waals surface area contributed by atoms with Crippen molar-refractivity contribution in [1.29, 1.82) is 0 Å². The van der Waals surface area contributed by atoms with Crippen LogP contribution in [-0.2, 0) is 17.6 Å². The molecule has 4 N–H and O–H groups in total. The number of aliphatic hydroxyl groups excluding tert-OH is 1. The number of rotatable bonds is 2. The van der Waals surface area contributed by atoms with Gasteiger partial charge in [0.25, 0.3) is 0 Å². The van der Waals surface area contributed by atoms with Gasteiger partial charge in [-0.15, -0.1) is 0 Å². The lowest BCUT2D eigenvalue weighted by atomic mass is 9.38. The van der Waals surface area contributed by atoms with E-state index in [1.165, 1.54) is 114 Å². The predicted molar refractivity (Wildman–Crippen MR) is 182 cm³/mol. The molecule has 0 aromatic heterocycles. The second-order valence-corrected chi connectivity index (χ2v) is 18.6. The fraction of sp³-hybridized carbons (Fsp3) is 0.810. The minimum absolute atomic E-state index is 0.0585.